The molecule has 38 heavy (non-hydrogen) atoms. The summed E-state index contributed by atoms with van der Waals surface area (Å²) in [4.78, 5) is 39.3. The van der Waals surface area contributed by atoms with Crippen LogP contribution in [0.25, 0.3) is 0 Å². The van der Waals surface area contributed by atoms with Crippen LogP contribution < -0.4 is 5.32 Å². The first-order valence-corrected chi connectivity index (χ1v) is 15.0. The molecule has 4 heterocycles. The molecule has 1 saturated heterocycles. The second-order valence-corrected chi connectivity index (χ2v) is 13.3. The lowest BCUT2D eigenvalue weighted by molar-refractivity contribution is -0.151. The largest absolute Gasteiger partial charge is 0.477 e. The Morgan fingerprint density at radius 3 is 2.61 bits per heavy atom. The summed E-state index contributed by atoms with van der Waals surface area (Å²) in [7, 11) is 0. The van der Waals surface area contributed by atoms with E-state index in [1.54, 1.807) is 0 Å². The van der Waals surface area contributed by atoms with Crippen molar-refractivity contribution in [3.05, 3.63) is 32.1 Å². The number of aryl methyl sites for hydroxylation is 1. The predicted octanol–water partition coefficient (Wildman–Crippen LogP) is 3.79. The normalized spacial score (nSPS) is 22.3. The van der Waals surface area contributed by atoms with Gasteiger partial charge in [0.2, 0.25) is 5.91 Å². The monoisotopic (exact) mass is 652 g/mol. The number of amides is 2. The van der Waals surface area contributed by atoms with Gasteiger partial charge in [-0.2, -0.15) is 18.3 Å². The molecular weight excluding hydrogens is 633 g/mol. The van der Waals surface area contributed by atoms with Crippen LogP contribution in [0, 0.1) is 6.92 Å². The highest BCUT2D eigenvalue weighted by molar-refractivity contribution is 9.10. The molecule has 2 fully saturated rings. The Hall–Kier alpha value is -2.11. The number of rotatable bonds is 8. The summed E-state index contributed by atoms with van der Waals surface area (Å²) in [5, 5.41) is 24.2. The number of nitrogens with zero attached hydrogens (tertiary/aromatic N) is 5. The van der Waals surface area contributed by atoms with E-state index in [9.17, 15) is 32.7 Å². The molecule has 0 radical (unpaired) electrons. The lowest BCUT2D eigenvalue weighted by Gasteiger charge is -2.49. The lowest BCUT2D eigenvalue weighted by atomic mass is 10.0. The average molecular weight is 654 g/mol. The van der Waals surface area contributed by atoms with Gasteiger partial charge in [0.15, 0.2) is 10.0 Å². The topological polar surface area (TPSA) is 130 Å². The Labute approximate surface area is 234 Å². The van der Waals surface area contributed by atoms with Crippen molar-refractivity contribution in [1.82, 2.24) is 30.2 Å². The van der Waals surface area contributed by atoms with Crippen LogP contribution in [0.4, 0.5) is 13.2 Å². The summed E-state index contributed by atoms with van der Waals surface area (Å²) >= 11 is 7.05. The number of carbonyl (C=O) groups excluding carboxylic acids is 2. The summed E-state index contributed by atoms with van der Waals surface area (Å²) < 4.78 is 42.0. The smallest absolute Gasteiger partial charge is 0.436 e. The van der Waals surface area contributed by atoms with E-state index >= 15 is 0 Å². The number of hydrogen-bond acceptors (Lipinski definition) is 9. The second-order valence-electron chi connectivity index (χ2n) is 8.97. The van der Waals surface area contributed by atoms with Gasteiger partial charge in [0.1, 0.15) is 28.2 Å². The second kappa shape index (κ2) is 10.1. The molecular formula is C21H20BrF3N6O4S3. The minimum Gasteiger partial charge on any atom is -0.477 e. The van der Waals surface area contributed by atoms with Crippen molar-refractivity contribution in [3.63, 3.8) is 0 Å². The fourth-order valence-corrected chi connectivity index (χ4v) is 8.40. The molecule has 2 N–H and O–H groups in total. The first-order chi connectivity index (χ1) is 17.9. The van der Waals surface area contributed by atoms with Gasteiger partial charge in [-0.25, -0.2) is 4.79 Å². The molecule has 1 aliphatic carbocycles. The summed E-state index contributed by atoms with van der Waals surface area (Å²) in [6.45, 7) is 3.23. The summed E-state index contributed by atoms with van der Waals surface area (Å²) in [6, 6.07) is -2.12. The standard InChI is InChI=1S/C21H20BrF3N6O4S3/c1-7(31-13(9-3-4-9)11(22)15(29-31)21(23,24)25)16(32)26-12-17(33)30-14(19(34)35)10(5-36-18(12)30)6-37-20-28-27-8(2)38-20/h7,9,12,18H,3-6H2,1-2H3,(H,26,32)(H,34,35)/t7-,12+,18-/m1/s1. The zero-order valence-corrected chi connectivity index (χ0v) is 23.8. The number of carboxylic acids is 1. The SMILES string of the molecule is Cc1nnc(SCC2=C(C(=O)O)N3C(=O)[C@H](NC(=O)[C@@H](C)n4nc(C(F)(F)F)c(Br)c4C4CC4)[C@H]3SC2)s1. The minimum absolute atomic E-state index is 0.118. The molecule has 0 aromatic carbocycles. The molecule has 17 heteroatoms. The van der Waals surface area contributed by atoms with Crippen LogP contribution in [0.3, 0.4) is 0 Å². The number of aliphatic carboxylic acids is 1. The van der Waals surface area contributed by atoms with Crippen molar-refractivity contribution in [1.29, 1.82) is 0 Å². The van der Waals surface area contributed by atoms with Crippen LogP contribution in [0.15, 0.2) is 20.1 Å². The predicted molar refractivity (Wildman–Crippen MR) is 137 cm³/mol. The van der Waals surface area contributed by atoms with E-state index in [1.807, 2.05) is 6.92 Å². The fraction of sp³-hybridized carbons (Fsp3) is 0.524. The van der Waals surface area contributed by atoms with E-state index < -0.39 is 47.1 Å². The fourth-order valence-electron chi connectivity index (χ4n) is 4.29. The van der Waals surface area contributed by atoms with Gasteiger partial charge in [-0.3, -0.25) is 19.2 Å². The van der Waals surface area contributed by atoms with Crippen LogP contribution in [0.5, 0.6) is 0 Å². The number of fused-ring (bicyclic) bond motifs is 1. The van der Waals surface area contributed by atoms with E-state index in [0.717, 1.165) is 14.6 Å². The molecule has 1 saturated carbocycles. The molecule has 3 atom stereocenters. The quantitative estimate of drug-likeness (QED) is 0.323. The first kappa shape index (κ1) is 27.5. The van der Waals surface area contributed by atoms with Crippen molar-refractivity contribution >= 4 is 68.6 Å². The molecule has 5 rings (SSSR count). The van der Waals surface area contributed by atoms with Gasteiger partial charge in [0.05, 0.1) is 10.2 Å². The highest BCUT2D eigenvalue weighted by atomic mass is 79.9. The number of thioether (sulfide) groups is 2. The van der Waals surface area contributed by atoms with E-state index in [0.29, 0.717) is 40.0 Å². The van der Waals surface area contributed by atoms with Gasteiger partial charge < -0.3 is 10.4 Å². The maximum atomic E-state index is 13.5. The van der Waals surface area contributed by atoms with Crippen LogP contribution in [0.1, 0.15) is 48.1 Å². The third-order valence-electron chi connectivity index (χ3n) is 6.29. The van der Waals surface area contributed by atoms with Crippen molar-refractivity contribution in [2.45, 2.75) is 60.6 Å². The number of carboxylic acid groups (broad SMARTS) is 1. The van der Waals surface area contributed by atoms with Gasteiger partial charge in [0.25, 0.3) is 5.91 Å². The maximum absolute atomic E-state index is 13.5. The molecule has 204 valence electrons. The van der Waals surface area contributed by atoms with Crippen LogP contribution >= 0.6 is 50.8 Å². The number of nitrogens with one attached hydrogen (secondary N) is 1. The van der Waals surface area contributed by atoms with E-state index in [4.69, 9.17) is 0 Å². The van der Waals surface area contributed by atoms with E-state index in [1.165, 1.54) is 41.8 Å². The van der Waals surface area contributed by atoms with Gasteiger partial charge in [-0.15, -0.1) is 22.0 Å². The van der Waals surface area contributed by atoms with Crippen LogP contribution in [-0.4, -0.2) is 70.7 Å². The Kier molecular flexibility index (Phi) is 7.32. The minimum atomic E-state index is -4.70. The van der Waals surface area contributed by atoms with Crippen LogP contribution in [0.2, 0.25) is 0 Å². The lowest BCUT2D eigenvalue weighted by Crippen LogP contribution is -2.71. The zero-order chi connectivity index (χ0) is 27.5. The summed E-state index contributed by atoms with van der Waals surface area (Å²) in [5.74, 6) is -2.01. The van der Waals surface area contributed by atoms with Crippen LogP contribution in [-0.2, 0) is 20.6 Å². The first-order valence-electron chi connectivity index (χ1n) is 11.4. The van der Waals surface area contributed by atoms with Gasteiger partial charge in [-0.1, -0.05) is 23.1 Å². The van der Waals surface area contributed by atoms with Gasteiger partial charge >= 0.3 is 12.1 Å². The summed E-state index contributed by atoms with van der Waals surface area (Å²) in [6.07, 6.45) is -3.32. The zero-order valence-electron chi connectivity index (χ0n) is 19.8. The molecule has 2 aromatic rings. The number of halogens is 4. The molecule has 10 nitrogen and oxygen atoms in total. The third kappa shape index (κ3) is 4.97. The molecule has 2 amide bonds. The van der Waals surface area contributed by atoms with E-state index in [2.05, 4.69) is 36.5 Å². The number of alkyl halides is 3. The molecule has 0 unspecified atom stereocenters. The highest BCUT2D eigenvalue weighted by Crippen LogP contribution is 2.48. The highest BCUT2D eigenvalue weighted by Gasteiger charge is 2.54. The Balaban J connectivity index is 1.31. The maximum Gasteiger partial charge on any atom is 0.436 e. The molecule has 2 aromatic heterocycles. The van der Waals surface area contributed by atoms with E-state index in [-0.39, 0.29) is 16.1 Å². The Morgan fingerprint density at radius 1 is 1.32 bits per heavy atom. The number of aromatic nitrogens is 4. The average Bonchev–Trinajstić information content (AvgIpc) is 3.50. The summed E-state index contributed by atoms with van der Waals surface area (Å²) in [5.41, 5.74) is -0.360. The number of β-lactam (4-membered cyclic amide) rings is 1. The molecule has 0 spiro atoms. The Morgan fingerprint density at radius 2 is 2.03 bits per heavy atom. The van der Waals surface area contributed by atoms with Crippen molar-refractivity contribution in [3.8, 4) is 0 Å². The molecule has 2 aliphatic heterocycles. The number of carbonyl (C=O) groups is 3. The third-order valence-corrected chi connectivity index (χ3v) is 10.5. The van der Waals surface area contributed by atoms with Gasteiger partial charge in [0, 0.05) is 17.4 Å². The van der Waals surface area contributed by atoms with Gasteiger partial charge in [-0.05, 0) is 48.2 Å². The van der Waals surface area contributed by atoms with Crippen molar-refractivity contribution < 1.29 is 32.7 Å². The Bertz CT molecular complexity index is 1360. The molecule has 3 aliphatic rings. The number of hydrogen-bond donors (Lipinski definition) is 2. The van der Waals surface area contributed by atoms with Crippen molar-refractivity contribution in [2.24, 2.45) is 0 Å². The molecule has 0 bridgehead atoms. The van der Waals surface area contributed by atoms with Crippen molar-refractivity contribution in [2.75, 3.05) is 11.5 Å².